The molecule has 3 rings (SSSR count). The van der Waals surface area contributed by atoms with Gasteiger partial charge in [0, 0.05) is 10.0 Å². The largest absolute Gasteiger partial charge is 0.493 e. The Labute approximate surface area is 141 Å². The smallest absolute Gasteiger partial charge is 0.127 e. The summed E-state index contributed by atoms with van der Waals surface area (Å²) in [4.78, 5) is 0. The third kappa shape index (κ3) is 4.11. The maximum absolute atomic E-state index is 6.10. The molecule has 0 bridgehead atoms. The van der Waals surface area contributed by atoms with Crippen LogP contribution in [0.5, 0.6) is 5.75 Å². The summed E-state index contributed by atoms with van der Waals surface area (Å²) in [6.45, 7) is 3.09. The normalized spacial score (nSPS) is 18.1. The molecule has 1 atom stereocenters. The number of ether oxygens (including phenoxy) is 1. The topological polar surface area (TPSA) is 21.3 Å². The maximum atomic E-state index is 6.10. The van der Waals surface area contributed by atoms with E-state index < -0.39 is 0 Å². The van der Waals surface area contributed by atoms with E-state index in [1.54, 1.807) is 0 Å². The average molecular weight is 360 g/mol. The summed E-state index contributed by atoms with van der Waals surface area (Å²) in [6.07, 6.45) is 3.73. The SMILES string of the molecule is Brc1ccc(OCC[C@H]2CCCNC2)c(-c2ccccc2)c1. The molecule has 1 heterocycles. The number of rotatable bonds is 5. The monoisotopic (exact) mass is 359 g/mol. The van der Waals surface area contributed by atoms with E-state index >= 15 is 0 Å². The van der Waals surface area contributed by atoms with Crippen molar-refractivity contribution in [1.29, 1.82) is 0 Å². The molecule has 22 heavy (non-hydrogen) atoms. The molecule has 2 nitrogen and oxygen atoms in total. The molecule has 1 aliphatic heterocycles. The predicted molar refractivity (Wildman–Crippen MR) is 95.3 cm³/mol. The van der Waals surface area contributed by atoms with Crippen LogP contribution in [0.15, 0.2) is 53.0 Å². The molecule has 0 unspecified atom stereocenters. The standard InChI is InChI=1S/C19H22BrNO/c20-17-8-9-19(18(13-17)16-6-2-1-3-7-16)22-12-10-15-5-4-11-21-14-15/h1-3,6-9,13,15,21H,4-5,10-12,14H2/t15-/m1/s1. The zero-order valence-electron chi connectivity index (χ0n) is 12.7. The van der Waals surface area contributed by atoms with Crippen LogP contribution >= 0.6 is 15.9 Å². The first-order chi connectivity index (χ1) is 10.8. The van der Waals surface area contributed by atoms with Crippen molar-refractivity contribution in [2.24, 2.45) is 5.92 Å². The van der Waals surface area contributed by atoms with E-state index in [0.717, 1.165) is 41.3 Å². The van der Waals surface area contributed by atoms with Gasteiger partial charge in [-0.1, -0.05) is 46.3 Å². The van der Waals surface area contributed by atoms with Crippen LogP contribution in [0.4, 0.5) is 0 Å². The van der Waals surface area contributed by atoms with E-state index in [-0.39, 0.29) is 0 Å². The lowest BCUT2D eigenvalue weighted by Gasteiger charge is -2.23. The van der Waals surface area contributed by atoms with Crippen LogP contribution < -0.4 is 10.1 Å². The number of hydrogen-bond donors (Lipinski definition) is 1. The lowest BCUT2D eigenvalue weighted by Crippen LogP contribution is -2.30. The second-order valence-corrected chi connectivity index (χ2v) is 6.77. The highest BCUT2D eigenvalue weighted by Crippen LogP contribution is 2.33. The molecule has 1 aliphatic rings. The van der Waals surface area contributed by atoms with E-state index in [2.05, 4.69) is 57.6 Å². The minimum absolute atomic E-state index is 0.754. The van der Waals surface area contributed by atoms with Gasteiger partial charge >= 0.3 is 0 Å². The number of benzene rings is 2. The van der Waals surface area contributed by atoms with Crippen LogP contribution in [-0.4, -0.2) is 19.7 Å². The minimum atomic E-state index is 0.754. The van der Waals surface area contributed by atoms with Crippen molar-refractivity contribution in [3.63, 3.8) is 0 Å². The first-order valence-electron chi connectivity index (χ1n) is 8.01. The molecule has 0 amide bonds. The van der Waals surface area contributed by atoms with Crippen molar-refractivity contribution in [1.82, 2.24) is 5.32 Å². The Morgan fingerprint density at radius 2 is 2.00 bits per heavy atom. The Bertz CT molecular complexity index is 594. The van der Waals surface area contributed by atoms with Gasteiger partial charge in [-0.15, -0.1) is 0 Å². The molecule has 0 aliphatic carbocycles. The fourth-order valence-electron chi connectivity index (χ4n) is 2.98. The van der Waals surface area contributed by atoms with Gasteiger partial charge in [-0.2, -0.15) is 0 Å². The van der Waals surface area contributed by atoms with E-state index in [0.29, 0.717) is 0 Å². The summed E-state index contributed by atoms with van der Waals surface area (Å²) < 4.78 is 7.18. The molecule has 116 valence electrons. The Hall–Kier alpha value is -1.32. The molecule has 1 N–H and O–H groups in total. The zero-order valence-corrected chi connectivity index (χ0v) is 14.3. The fraction of sp³-hybridized carbons (Fsp3) is 0.368. The van der Waals surface area contributed by atoms with Gasteiger partial charge < -0.3 is 10.1 Å². The van der Waals surface area contributed by atoms with Gasteiger partial charge in [-0.3, -0.25) is 0 Å². The van der Waals surface area contributed by atoms with Crippen molar-refractivity contribution in [2.75, 3.05) is 19.7 Å². The van der Waals surface area contributed by atoms with E-state index in [9.17, 15) is 0 Å². The van der Waals surface area contributed by atoms with Crippen LogP contribution in [0.2, 0.25) is 0 Å². The minimum Gasteiger partial charge on any atom is -0.493 e. The fourth-order valence-corrected chi connectivity index (χ4v) is 3.34. The zero-order chi connectivity index (χ0) is 15.2. The van der Waals surface area contributed by atoms with Gasteiger partial charge in [0.15, 0.2) is 0 Å². The molecule has 3 heteroatoms. The lowest BCUT2D eigenvalue weighted by atomic mass is 9.97. The van der Waals surface area contributed by atoms with Gasteiger partial charge in [-0.25, -0.2) is 0 Å². The molecule has 2 aromatic carbocycles. The molecular weight excluding hydrogens is 338 g/mol. The molecule has 0 spiro atoms. The molecule has 0 saturated carbocycles. The quantitative estimate of drug-likeness (QED) is 0.820. The summed E-state index contributed by atoms with van der Waals surface area (Å²) in [5, 5.41) is 3.47. The highest BCUT2D eigenvalue weighted by Gasteiger charge is 2.13. The summed E-state index contributed by atoms with van der Waals surface area (Å²) in [5.41, 5.74) is 2.34. The third-order valence-corrected chi connectivity index (χ3v) is 4.70. The Morgan fingerprint density at radius 3 is 2.77 bits per heavy atom. The van der Waals surface area contributed by atoms with Crippen molar-refractivity contribution >= 4 is 15.9 Å². The molecule has 0 aromatic heterocycles. The Balaban J connectivity index is 1.68. The molecule has 0 radical (unpaired) electrons. The molecular formula is C19H22BrNO. The van der Waals surface area contributed by atoms with E-state index in [4.69, 9.17) is 4.74 Å². The summed E-state index contributed by atoms with van der Waals surface area (Å²) in [7, 11) is 0. The van der Waals surface area contributed by atoms with Crippen LogP contribution in [0.3, 0.4) is 0 Å². The number of nitrogens with one attached hydrogen (secondary N) is 1. The number of halogens is 1. The lowest BCUT2D eigenvalue weighted by molar-refractivity contribution is 0.255. The maximum Gasteiger partial charge on any atom is 0.127 e. The summed E-state index contributed by atoms with van der Waals surface area (Å²) in [5.74, 6) is 1.72. The van der Waals surface area contributed by atoms with Gasteiger partial charge in [0.1, 0.15) is 5.75 Å². The predicted octanol–water partition coefficient (Wildman–Crippen LogP) is 4.88. The number of hydrogen-bond acceptors (Lipinski definition) is 2. The van der Waals surface area contributed by atoms with Crippen molar-refractivity contribution in [3.8, 4) is 16.9 Å². The van der Waals surface area contributed by atoms with Gasteiger partial charge in [-0.05, 0) is 62.0 Å². The highest BCUT2D eigenvalue weighted by atomic mass is 79.9. The van der Waals surface area contributed by atoms with Crippen molar-refractivity contribution in [2.45, 2.75) is 19.3 Å². The van der Waals surface area contributed by atoms with Gasteiger partial charge in [0.25, 0.3) is 0 Å². The van der Waals surface area contributed by atoms with Crippen LogP contribution in [0.1, 0.15) is 19.3 Å². The number of piperidine rings is 1. The van der Waals surface area contributed by atoms with Crippen molar-refractivity contribution in [3.05, 3.63) is 53.0 Å². The molecule has 2 aromatic rings. The van der Waals surface area contributed by atoms with Crippen molar-refractivity contribution < 1.29 is 4.74 Å². The van der Waals surface area contributed by atoms with Crippen LogP contribution in [0, 0.1) is 5.92 Å². The summed E-state index contributed by atoms with van der Waals surface area (Å²) >= 11 is 3.56. The second kappa shape index (κ2) is 7.80. The second-order valence-electron chi connectivity index (χ2n) is 5.86. The summed E-state index contributed by atoms with van der Waals surface area (Å²) in [6, 6.07) is 16.7. The van der Waals surface area contributed by atoms with Gasteiger partial charge in [0.05, 0.1) is 6.61 Å². The van der Waals surface area contributed by atoms with Crippen LogP contribution in [0.25, 0.3) is 11.1 Å². The molecule has 1 fully saturated rings. The van der Waals surface area contributed by atoms with Gasteiger partial charge in [0.2, 0.25) is 0 Å². The first-order valence-corrected chi connectivity index (χ1v) is 8.81. The van der Waals surface area contributed by atoms with E-state index in [1.807, 2.05) is 12.1 Å². The Kier molecular flexibility index (Phi) is 5.52. The Morgan fingerprint density at radius 1 is 1.14 bits per heavy atom. The highest BCUT2D eigenvalue weighted by molar-refractivity contribution is 9.10. The molecule has 1 saturated heterocycles. The third-order valence-electron chi connectivity index (χ3n) is 4.21. The van der Waals surface area contributed by atoms with Crippen LogP contribution in [-0.2, 0) is 0 Å². The van der Waals surface area contributed by atoms with E-state index in [1.165, 1.54) is 24.9 Å². The average Bonchev–Trinajstić information content (AvgIpc) is 2.58. The first kappa shape index (κ1) is 15.6.